The molecule has 2 aliphatic heterocycles. The molecule has 4 rings (SSSR count). The van der Waals surface area contributed by atoms with E-state index in [0.29, 0.717) is 19.0 Å². The number of anilines is 1. The maximum Gasteiger partial charge on any atom is 0.232 e. The average Bonchev–Trinajstić information content (AvgIpc) is 3.53. The van der Waals surface area contributed by atoms with E-state index in [9.17, 15) is 9.59 Å². The third kappa shape index (κ3) is 4.58. The lowest BCUT2D eigenvalue weighted by Crippen LogP contribution is -2.51. The van der Waals surface area contributed by atoms with Crippen LogP contribution in [0.1, 0.15) is 39.0 Å². The Kier molecular flexibility index (Phi) is 6.09. The molecule has 1 aromatic carbocycles. The number of carbonyl (C=O) groups excluding carboxylic acids is 2. The minimum absolute atomic E-state index is 0.00802. The van der Waals surface area contributed by atoms with Crippen molar-refractivity contribution in [1.82, 2.24) is 9.80 Å². The molecule has 6 nitrogen and oxygen atoms in total. The maximum atomic E-state index is 12.3. The fourth-order valence-corrected chi connectivity index (χ4v) is 4.77. The van der Waals surface area contributed by atoms with Crippen molar-refractivity contribution in [3.63, 3.8) is 0 Å². The van der Waals surface area contributed by atoms with Crippen LogP contribution in [0, 0.1) is 11.8 Å². The van der Waals surface area contributed by atoms with Crippen molar-refractivity contribution < 1.29 is 14.3 Å². The van der Waals surface area contributed by atoms with Gasteiger partial charge in [-0.25, -0.2) is 0 Å². The molecule has 2 atom stereocenters. The predicted molar refractivity (Wildman–Crippen MR) is 113 cm³/mol. The Hall–Kier alpha value is -2.08. The number of amides is 2. The van der Waals surface area contributed by atoms with E-state index in [-0.39, 0.29) is 17.7 Å². The number of hydrogen-bond acceptors (Lipinski definition) is 5. The van der Waals surface area contributed by atoms with E-state index in [4.69, 9.17) is 4.74 Å². The van der Waals surface area contributed by atoms with Crippen LogP contribution in [-0.4, -0.2) is 67.5 Å². The molecular formula is C23H33N3O3. The Labute approximate surface area is 173 Å². The highest BCUT2D eigenvalue weighted by atomic mass is 16.5. The van der Waals surface area contributed by atoms with Gasteiger partial charge in [0.2, 0.25) is 11.8 Å². The monoisotopic (exact) mass is 399 g/mol. The molecule has 0 spiro atoms. The van der Waals surface area contributed by atoms with Crippen LogP contribution in [0.2, 0.25) is 0 Å². The van der Waals surface area contributed by atoms with Gasteiger partial charge in [0.25, 0.3) is 0 Å². The van der Waals surface area contributed by atoms with Crippen molar-refractivity contribution in [1.29, 1.82) is 0 Å². The molecule has 6 heteroatoms. The molecule has 2 saturated heterocycles. The van der Waals surface area contributed by atoms with Gasteiger partial charge in [-0.1, -0.05) is 31.9 Å². The Bertz CT molecular complexity index is 741. The Morgan fingerprint density at radius 1 is 1.10 bits per heavy atom. The van der Waals surface area contributed by atoms with Gasteiger partial charge in [-0.3, -0.25) is 19.4 Å². The Balaban J connectivity index is 1.36. The van der Waals surface area contributed by atoms with Crippen molar-refractivity contribution in [3.8, 4) is 5.75 Å². The molecule has 0 N–H and O–H groups in total. The topological polar surface area (TPSA) is 53.1 Å². The molecule has 3 aliphatic rings. The standard InChI is InChI=1S/C23H33N3O3/c1-17-15-22(27)26(23(17)28)10-9-19(16-18-7-8-18)24-11-13-25(14-12-24)20-5-3-4-6-21(20)29-2/h3-6,17-19H,7-16H2,1-2H3. The number of benzene rings is 1. The fourth-order valence-electron chi connectivity index (χ4n) is 4.77. The second-order valence-electron chi connectivity index (χ2n) is 8.81. The van der Waals surface area contributed by atoms with Gasteiger partial charge in [0, 0.05) is 51.1 Å². The van der Waals surface area contributed by atoms with Crippen LogP contribution in [0.5, 0.6) is 5.75 Å². The summed E-state index contributed by atoms with van der Waals surface area (Å²) in [7, 11) is 1.72. The summed E-state index contributed by atoms with van der Waals surface area (Å²) in [5, 5.41) is 0. The molecule has 1 aromatic rings. The van der Waals surface area contributed by atoms with Gasteiger partial charge in [-0.15, -0.1) is 0 Å². The molecule has 1 aliphatic carbocycles. The number of imide groups is 1. The van der Waals surface area contributed by atoms with Crippen LogP contribution in [0.15, 0.2) is 24.3 Å². The largest absolute Gasteiger partial charge is 0.495 e. The first-order valence-electron chi connectivity index (χ1n) is 11.0. The third-order valence-electron chi connectivity index (χ3n) is 6.71. The van der Waals surface area contributed by atoms with E-state index in [1.165, 1.54) is 24.2 Å². The van der Waals surface area contributed by atoms with Crippen molar-refractivity contribution in [2.75, 3.05) is 44.7 Å². The minimum Gasteiger partial charge on any atom is -0.495 e. The Morgan fingerprint density at radius 3 is 2.45 bits per heavy atom. The molecule has 2 amide bonds. The summed E-state index contributed by atoms with van der Waals surface area (Å²) in [5.74, 6) is 1.63. The van der Waals surface area contributed by atoms with Crippen molar-refractivity contribution in [2.24, 2.45) is 11.8 Å². The maximum absolute atomic E-state index is 12.3. The van der Waals surface area contributed by atoms with Crippen LogP contribution in [-0.2, 0) is 9.59 Å². The minimum atomic E-state index is -0.145. The van der Waals surface area contributed by atoms with E-state index in [1.807, 2.05) is 19.1 Å². The first-order valence-corrected chi connectivity index (χ1v) is 11.0. The normalized spacial score (nSPS) is 24.3. The average molecular weight is 400 g/mol. The number of carbonyl (C=O) groups is 2. The van der Waals surface area contributed by atoms with Gasteiger partial charge in [0.1, 0.15) is 5.75 Å². The zero-order valence-corrected chi connectivity index (χ0v) is 17.7. The summed E-state index contributed by atoms with van der Waals surface area (Å²) < 4.78 is 5.53. The van der Waals surface area contributed by atoms with Gasteiger partial charge in [-0.05, 0) is 30.9 Å². The van der Waals surface area contributed by atoms with E-state index >= 15 is 0 Å². The number of rotatable bonds is 8. The summed E-state index contributed by atoms with van der Waals surface area (Å²) in [6, 6.07) is 8.67. The van der Waals surface area contributed by atoms with E-state index in [2.05, 4.69) is 21.9 Å². The summed E-state index contributed by atoms with van der Waals surface area (Å²) in [4.78, 5) is 30.9. The summed E-state index contributed by atoms with van der Waals surface area (Å²) in [6.07, 6.45) is 5.13. The number of likely N-dealkylation sites (tertiary alicyclic amines) is 1. The molecule has 3 fully saturated rings. The van der Waals surface area contributed by atoms with Crippen LogP contribution in [0.25, 0.3) is 0 Å². The second kappa shape index (κ2) is 8.74. The van der Waals surface area contributed by atoms with Crippen molar-refractivity contribution in [3.05, 3.63) is 24.3 Å². The summed E-state index contributed by atoms with van der Waals surface area (Å²) >= 11 is 0. The third-order valence-corrected chi connectivity index (χ3v) is 6.71. The first kappa shape index (κ1) is 20.2. The fraction of sp³-hybridized carbons (Fsp3) is 0.652. The highest BCUT2D eigenvalue weighted by Crippen LogP contribution is 2.36. The Morgan fingerprint density at radius 2 is 1.83 bits per heavy atom. The molecule has 158 valence electrons. The molecule has 0 bridgehead atoms. The molecular weight excluding hydrogens is 366 g/mol. The number of hydrogen-bond donors (Lipinski definition) is 0. The zero-order chi connectivity index (χ0) is 20.4. The summed E-state index contributed by atoms with van der Waals surface area (Å²) in [5.41, 5.74) is 1.16. The number of para-hydroxylation sites is 2. The first-order chi connectivity index (χ1) is 14.1. The van der Waals surface area contributed by atoms with Gasteiger partial charge >= 0.3 is 0 Å². The smallest absolute Gasteiger partial charge is 0.232 e. The number of methoxy groups -OCH3 is 1. The van der Waals surface area contributed by atoms with E-state index in [1.54, 1.807) is 7.11 Å². The van der Waals surface area contributed by atoms with Crippen molar-refractivity contribution in [2.45, 2.75) is 45.1 Å². The lowest BCUT2D eigenvalue weighted by molar-refractivity contribution is -0.139. The highest BCUT2D eigenvalue weighted by molar-refractivity contribution is 6.03. The number of ether oxygens (including phenoxy) is 1. The van der Waals surface area contributed by atoms with E-state index in [0.717, 1.165) is 50.0 Å². The molecule has 2 unspecified atom stereocenters. The van der Waals surface area contributed by atoms with Crippen molar-refractivity contribution >= 4 is 17.5 Å². The second-order valence-corrected chi connectivity index (χ2v) is 8.81. The van der Waals surface area contributed by atoms with Crippen LogP contribution >= 0.6 is 0 Å². The van der Waals surface area contributed by atoms with Crippen LogP contribution in [0.3, 0.4) is 0 Å². The molecule has 29 heavy (non-hydrogen) atoms. The highest BCUT2D eigenvalue weighted by Gasteiger charge is 2.37. The number of nitrogens with zero attached hydrogens (tertiary/aromatic N) is 3. The van der Waals surface area contributed by atoms with Gasteiger partial charge < -0.3 is 9.64 Å². The molecule has 0 radical (unpaired) electrons. The molecule has 2 heterocycles. The van der Waals surface area contributed by atoms with Crippen LogP contribution in [0.4, 0.5) is 5.69 Å². The summed E-state index contributed by atoms with van der Waals surface area (Å²) in [6.45, 7) is 6.40. The molecule has 1 saturated carbocycles. The van der Waals surface area contributed by atoms with Crippen LogP contribution < -0.4 is 9.64 Å². The lowest BCUT2D eigenvalue weighted by atomic mass is 10.0. The van der Waals surface area contributed by atoms with E-state index < -0.39 is 0 Å². The SMILES string of the molecule is COc1ccccc1N1CCN(C(CCN2C(=O)CC(C)C2=O)CC2CC2)CC1. The lowest BCUT2D eigenvalue weighted by Gasteiger charge is -2.41. The molecule has 0 aromatic heterocycles. The number of piperazine rings is 1. The van der Waals surface area contributed by atoms with Gasteiger partial charge in [0.05, 0.1) is 12.8 Å². The van der Waals surface area contributed by atoms with Gasteiger partial charge in [0.15, 0.2) is 0 Å². The predicted octanol–water partition coefficient (Wildman–Crippen LogP) is 2.77. The zero-order valence-electron chi connectivity index (χ0n) is 17.7. The van der Waals surface area contributed by atoms with Gasteiger partial charge in [-0.2, -0.15) is 0 Å². The quantitative estimate of drug-likeness (QED) is 0.629.